The van der Waals surface area contributed by atoms with Crippen LogP contribution in [-0.2, 0) is 9.59 Å². The summed E-state index contributed by atoms with van der Waals surface area (Å²) < 4.78 is 0. The van der Waals surface area contributed by atoms with E-state index in [1.807, 2.05) is 12.2 Å². The van der Waals surface area contributed by atoms with Gasteiger partial charge in [-0.3, -0.25) is 4.79 Å². The summed E-state index contributed by atoms with van der Waals surface area (Å²) in [5.41, 5.74) is 0. The minimum atomic E-state index is -1.41. The van der Waals surface area contributed by atoms with Gasteiger partial charge in [-0.1, -0.05) is 12.2 Å². The van der Waals surface area contributed by atoms with Crippen molar-refractivity contribution < 1.29 is 24.6 Å². The summed E-state index contributed by atoms with van der Waals surface area (Å²) in [6.07, 6.45) is 4.58. The largest absolute Gasteiger partial charge is 0.481 e. The van der Waals surface area contributed by atoms with Gasteiger partial charge in [-0.2, -0.15) is 0 Å². The van der Waals surface area contributed by atoms with Crippen molar-refractivity contribution in [2.75, 3.05) is 0 Å². The first-order chi connectivity index (χ1) is 7.99. The van der Waals surface area contributed by atoms with Crippen molar-refractivity contribution in [3.8, 4) is 0 Å². The van der Waals surface area contributed by atoms with Crippen LogP contribution in [0.1, 0.15) is 19.3 Å². The Morgan fingerprint density at radius 2 is 1.82 bits per heavy atom. The smallest absolute Gasteiger partial charge is 0.326 e. The van der Waals surface area contributed by atoms with Gasteiger partial charge in [0.1, 0.15) is 6.04 Å². The Bertz CT molecular complexity index is 345. The van der Waals surface area contributed by atoms with E-state index >= 15 is 0 Å². The maximum absolute atomic E-state index is 11.4. The Morgan fingerprint density at radius 3 is 2.29 bits per heavy atom. The molecule has 2 amide bonds. The van der Waals surface area contributed by atoms with E-state index in [2.05, 4.69) is 10.6 Å². The molecule has 0 unspecified atom stereocenters. The van der Waals surface area contributed by atoms with Crippen LogP contribution in [0.3, 0.4) is 0 Å². The summed E-state index contributed by atoms with van der Waals surface area (Å²) in [7, 11) is 0. The summed E-state index contributed by atoms with van der Waals surface area (Å²) in [6.45, 7) is 0. The van der Waals surface area contributed by atoms with Crippen molar-refractivity contribution in [1.82, 2.24) is 10.6 Å². The first-order valence-corrected chi connectivity index (χ1v) is 5.15. The van der Waals surface area contributed by atoms with Gasteiger partial charge in [-0.05, 0) is 12.8 Å². The first kappa shape index (κ1) is 13.0. The topological polar surface area (TPSA) is 116 Å². The number of urea groups is 1. The average molecular weight is 242 g/mol. The predicted octanol–water partition coefficient (Wildman–Crippen LogP) is -0.0679. The number of carboxylic acids is 2. The van der Waals surface area contributed by atoms with Gasteiger partial charge in [0.15, 0.2) is 0 Å². The number of hydrogen-bond acceptors (Lipinski definition) is 3. The molecule has 0 aromatic carbocycles. The molecule has 17 heavy (non-hydrogen) atoms. The number of aliphatic carboxylic acids is 2. The van der Waals surface area contributed by atoms with Crippen molar-refractivity contribution >= 4 is 18.0 Å². The van der Waals surface area contributed by atoms with Gasteiger partial charge in [0.2, 0.25) is 0 Å². The van der Waals surface area contributed by atoms with Crippen LogP contribution < -0.4 is 10.6 Å². The molecule has 0 radical (unpaired) electrons. The molecule has 0 aromatic rings. The van der Waals surface area contributed by atoms with Gasteiger partial charge in [0.05, 0.1) is 6.42 Å². The summed E-state index contributed by atoms with van der Waals surface area (Å²) in [5.74, 6) is -2.65. The highest BCUT2D eigenvalue weighted by molar-refractivity contribution is 5.86. The van der Waals surface area contributed by atoms with Gasteiger partial charge >= 0.3 is 18.0 Å². The van der Waals surface area contributed by atoms with E-state index in [1.165, 1.54) is 0 Å². The second-order valence-corrected chi connectivity index (χ2v) is 3.75. The summed E-state index contributed by atoms with van der Waals surface area (Å²) in [4.78, 5) is 32.5. The Balaban J connectivity index is 2.40. The molecule has 0 heterocycles. The lowest BCUT2D eigenvalue weighted by molar-refractivity contribution is -0.145. The van der Waals surface area contributed by atoms with Gasteiger partial charge in [0, 0.05) is 6.04 Å². The maximum atomic E-state index is 11.4. The number of carbonyl (C=O) groups excluding carboxylic acids is 1. The molecule has 0 aromatic heterocycles. The second kappa shape index (κ2) is 5.88. The molecule has 0 spiro atoms. The van der Waals surface area contributed by atoms with Crippen molar-refractivity contribution in [3.05, 3.63) is 12.2 Å². The van der Waals surface area contributed by atoms with Crippen LogP contribution in [0, 0.1) is 0 Å². The minimum absolute atomic E-state index is 0.0470. The third-order valence-electron chi connectivity index (χ3n) is 2.33. The first-order valence-electron chi connectivity index (χ1n) is 5.15. The Kier molecular flexibility index (Phi) is 4.50. The third kappa shape index (κ3) is 4.54. The van der Waals surface area contributed by atoms with Crippen LogP contribution >= 0.6 is 0 Å². The summed E-state index contributed by atoms with van der Waals surface area (Å²) in [5, 5.41) is 21.9. The van der Waals surface area contributed by atoms with Crippen LogP contribution in [0.5, 0.6) is 0 Å². The molecular weight excluding hydrogens is 228 g/mol. The highest BCUT2D eigenvalue weighted by Gasteiger charge is 2.24. The molecule has 0 bridgehead atoms. The Labute approximate surface area is 97.5 Å². The van der Waals surface area contributed by atoms with Crippen LogP contribution in [0.4, 0.5) is 4.79 Å². The van der Waals surface area contributed by atoms with Crippen LogP contribution in [0.2, 0.25) is 0 Å². The highest BCUT2D eigenvalue weighted by Crippen LogP contribution is 2.08. The van der Waals surface area contributed by atoms with E-state index in [4.69, 9.17) is 10.2 Å². The second-order valence-electron chi connectivity index (χ2n) is 3.75. The van der Waals surface area contributed by atoms with E-state index in [0.29, 0.717) is 12.8 Å². The van der Waals surface area contributed by atoms with Crippen molar-refractivity contribution in [2.45, 2.75) is 31.3 Å². The third-order valence-corrected chi connectivity index (χ3v) is 2.33. The van der Waals surface area contributed by atoms with Gasteiger partial charge in [-0.25, -0.2) is 9.59 Å². The number of hydrogen-bond donors (Lipinski definition) is 4. The molecule has 0 aliphatic heterocycles. The lowest BCUT2D eigenvalue weighted by Crippen LogP contribution is -2.49. The van der Waals surface area contributed by atoms with Gasteiger partial charge < -0.3 is 20.8 Å². The van der Waals surface area contributed by atoms with Crippen molar-refractivity contribution in [2.24, 2.45) is 0 Å². The zero-order valence-corrected chi connectivity index (χ0v) is 9.05. The van der Waals surface area contributed by atoms with Crippen LogP contribution in [0.15, 0.2) is 12.2 Å². The molecule has 0 saturated carbocycles. The molecule has 1 aliphatic carbocycles. The SMILES string of the molecule is O=C(O)C[C@H](NC(=O)NC1CC=CC1)C(=O)O. The predicted molar refractivity (Wildman–Crippen MR) is 57.5 cm³/mol. The number of rotatable bonds is 5. The molecule has 7 heteroatoms. The molecular formula is C10H14N2O5. The molecule has 1 rings (SSSR count). The lowest BCUT2D eigenvalue weighted by atomic mass is 10.2. The zero-order valence-electron chi connectivity index (χ0n) is 9.05. The summed E-state index contributed by atoms with van der Waals surface area (Å²) in [6, 6.07) is -2.12. The zero-order chi connectivity index (χ0) is 12.8. The molecule has 4 N–H and O–H groups in total. The average Bonchev–Trinajstić information content (AvgIpc) is 2.68. The normalized spacial score (nSPS) is 16.5. The van der Waals surface area contributed by atoms with Gasteiger partial charge in [0.25, 0.3) is 0 Å². The Morgan fingerprint density at radius 1 is 1.24 bits per heavy atom. The number of carbonyl (C=O) groups is 3. The molecule has 0 saturated heterocycles. The summed E-state index contributed by atoms with van der Waals surface area (Å²) >= 11 is 0. The molecule has 7 nitrogen and oxygen atoms in total. The molecule has 1 atom stereocenters. The molecule has 0 fully saturated rings. The molecule has 94 valence electrons. The number of amides is 2. The van der Waals surface area contributed by atoms with Crippen LogP contribution in [0.25, 0.3) is 0 Å². The van der Waals surface area contributed by atoms with Crippen LogP contribution in [-0.4, -0.2) is 40.3 Å². The standard InChI is InChI=1S/C10H14N2O5/c13-8(14)5-7(9(15)16)12-10(17)11-6-3-1-2-4-6/h1-2,6-7H,3-5H2,(H,13,14)(H,15,16)(H2,11,12,17)/t7-/m0/s1. The van der Waals surface area contributed by atoms with E-state index in [1.54, 1.807) is 0 Å². The fourth-order valence-corrected chi connectivity index (χ4v) is 1.50. The Hall–Kier alpha value is -2.05. The highest BCUT2D eigenvalue weighted by atomic mass is 16.4. The fraction of sp³-hybridized carbons (Fsp3) is 0.500. The number of nitrogens with one attached hydrogen (secondary N) is 2. The van der Waals surface area contributed by atoms with E-state index < -0.39 is 30.4 Å². The fourth-order valence-electron chi connectivity index (χ4n) is 1.50. The monoisotopic (exact) mass is 242 g/mol. The van der Waals surface area contributed by atoms with E-state index in [9.17, 15) is 14.4 Å². The molecule has 1 aliphatic rings. The van der Waals surface area contributed by atoms with Crippen molar-refractivity contribution in [3.63, 3.8) is 0 Å². The lowest BCUT2D eigenvalue weighted by Gasteiger charge is -2.16. The van der Waals surface area contributed by atoms with E-state index in [-0.39, 0.29) is 6.04 Å². The quantitative estimate of drug-likeness (QED) is 0.504. The minimum Gasteiger partial charge on any atom is -0.481 e. The van der Waals surface area contributed by atoms with Crippen molar-refractivity contribution in [1.29, 1.82) is 0 Å². The maximum Gasteiger partial charge on any atom is 0.326 e. The van der Waals surface area contributed by atoms with E-state index in [0.717, 1.165) is 0 Å². The number of carboxylic acid groups (broad SMARTS) is 2. The van der Waals surface area contributed by atoms with Gasteiger partial charge in [-0.15, -0.1) is 0 Å².